The summed E-state index contributed by atoms with van der Waals surface area (Å²) in [5.74, 6) is 0. The van der Waals surface area contributed by atoms with Gasteiger partial charge in [-0.15, -0.1) is 0 Å². The highest BCUT2D eigenvalue weighted by atomic mass is 35.5. The lowest BCUT2D eigenvalue weighted by Gasteiger charge is -2.39. The molecule has 7 nitrogen and oxygen atoms in total. The van der Waals surface area contributed by atoms with Gasteiger partial charge < -0.3 is 4.90 Å². The number of non-ortho nitro benzene ring substituents is 1. The second-order valence-corrected chi connectivity index (χ2v) is 10.9. The Labute approximate surface area is 213 Å². The zero-order chi connectivity index (χ0) is 25.7. The van der Waals surface area contributed by atoms with Gasteiger partial charge in [-0.25, -0.2) is 0 Å². The molecule has 2 aromatic carbocycles. The van der Waals surface area contributed by atoms with Gasteiger partial charge in [0.15, 0.2) is 5.13 Å². The lowest BCUT2D eigenvalue weighted by atomic mass is 9.78. The Hall–Kier alpha value is -2.76. The van der Waals surface area contributed by atoms with Crippen molar-refractivity contribution in [1.82, 2.24) is 9.88 Å². The minimum atomic E-state index is -4.81. The predicted molar refractivity (Wildman–Crippen MR) is 133 cm³/mol. The summed E-state index contributed by atoms with van der Waals surface area (Å²) in [4.78, 5) is 31.7. The normalized spacial score (nSPS) is 18.3. The molecule has 2 fully saturated rings. The van der Waals surface area contributed by atoms with E-state index in [1.807, 2.05) is 23.1 Å². The maximum absolute atomic E-state index is 13.2. The monoisotopic (exact) mass is 538 g/mol. The van der Waals surface area contributed by atoms with Crippen molar-refractivity contribution in [2.45, 2.75) is 32.0 Å². The van der Waals surface area contributed by atoms with E-state index in [-0.39, 0.29) is 15.5 Å². The van der Waals surface area contributed by atoms with Crippen LogP contribution < -0.4 is 10.5 Å². The molecule has 2 saturated heterocycles. The fourth-order valence-corrected chi connectivity index (χ4v) is 6.54. The molecule has 1 aromatic heterocycles. The maximum Gasteiger partial charge on any atom is 0.416 e. The first-order valence-corrected chi connectivity index (χ1v) is 12.6. The first kappa shape index (κ1) is 24.9. The number of likely N-dealkylation sites (tertiary alicyclic amines) is 1. The van der Waals surface area contributed by atoms with E-state index in [1.54, 1.807) is 0 Å². The standard InChI is InChI=1S/C24H22ClF3N4O3S/c25-17-3-1-2-15(10-17)13-30-7-4-23(14-30)5-8-31(9-6-23)22-29-21(33)18-11-16(24(26,27)28)12-19(32(34)35)20(18)36-22/h1-3,10-12H,4-9,13-14H2. The Kier molecular flexibility index (Phi) is 6.42. The first-order chi connectivity index (χ1) is 17.0. The number of nitrogens with zero attached hydrogens (tertiary/aromatic N) is 4. The van der Waals surface area contributed by atoms with Crippen molar-refractivity contribution in [3.8, 4) is 0 Å². The maximum atomic E-state index is 13.2. The summed E-state index contributed by atoms with van der Waals surface area (Å²) in [5, 5.41) is 12.2. The number of alkyl halides is 3. The third-order valence-corrected chi connectivity index (χ3v) is 8.52. The van der Waals surface area contributed by atoms with Crippen LogP contribution >= 0.6 is 22.9 Å². The zero-order valence-electron chi connectivity index (χ0n) is 19.1. The van der Waals surface area contributed by atoms with Gasteiger partial charge in [-0.2, -0.15) is 18.2 Å². The van der Waals surface area contributed by atoms with Crippen molar-refractivity contribution < 1.29 is 18.1 Å². The third-order valence-electron chi connectivity index (χ3n) is 7.12. The molecule has 0 saturated carbocycles. The van der Waals surface area contributed by atoms with Crippen LogP contribution in [-0.2, 0) is 12.7 Å². The van der Waals surface area contributed by atoms with Gasteiger partial charge in [0, 0.05) is 37.3 Å². The second-order valence-electron chi connectivity index (χ2n) is 9.51. The highest BCUT2D eigenvalue weighted by Gasteiger charge is 2.41. The van der Waals surface area contributed by atoms with E-state index in [9.17, 15) is 28.1 Å². The lowest BCUT2D eigenvalue weighted by molar-refractivity contribution is -0.383. The molecule has 2 aliphatic rings. The molecule has 190 valence electrons. The van der Waals surface area contributed by atoms with Crippen LogP contribution in [0.3, 0.4) is 0 Å². The molecule has 1 spiro atoms. The molecule has 2 aliphatic heterocycles. The number of hydrogen-bond acceptors (Lipinski definition) is 7. The van der Waals surface area contributed by atoms with Crippen LogP contribution in [0.1, 0.15) is 30.4 Å². The van der Waals surface area contributed by atoms with Crippen LogP contribution in [-0.4, -0.2) is 41.0 Å². The summed E-state index contributed by atoms with van der Waals surface area (Å²) in [6.45, 7) is 3.98. The Morgan fingerprint density at radius 3 is 2.53 bits per heavy atom. The predicted octanol–water partition coefficient (Wildman–Crippen LogP) is 5.73. The Morgan fingerprint density at radius 2 is 1.86 bits per heavy atom. The molecule has 0 aliphatic carbocycles. The van der Waals surface area contributed by atoms with Crippen molar-refractivity contribution in [2.75, 3.05) is 31.1 Å². The van der Waals surface area contributed by atoms with E-state index in [0.717, 1.165) is 55.8 Å². The number of piperidine rings is 1. The van der Waals surface area contributed by atoms with Crippen LogP contribution in [0.4, 0.5) is 24.0 Å². The molecular formula is C24H22ClF3N4O3S. The number of anilines is 1. The van der Waals surface area contributed by atoms with Gasteiger partial charge in [0.1, 0.15) is 4.70 Å². The first-order valence-electron chi connectivity index (χ1n) is 11.5. The third kappa shape index (κ3) is 4.91. The average Bonchev–Trinajstić information content (AvgIpc) is 3.19. The molecule has 3 aromatic rings. The highest BCUT2D eigenvalue weighted by Crippen LogP contribution is 2.43. The van der Waals surface area contributed by atoms with Crippen LogP contribution in [0.25, 0.3) is 10.1 Å². The molecule has 12 heteroatoms. The number of fused-ring (bicyclic) bond motifs is 1. The summed E-state index contributed by atoms with van der Waals surface area (Å²) in [5.41, 5.74) is -1.54. The molecule has 0 amide bonds. The van der Waals surface area contributed by atoms with Crippen LogP contribution in [0.2, 0.25) is 5.02 Å². The zero-order valence-corrected chi connectivity index (χ0v) is 20.6. The Bertz CT molecular complexity index is 1390. The minimum absolute atomic E-state index is 0.0862. The summed E-state index contributed by atoms with van der Waals surface area (Å²) >= 11 is 7.01. The van der Waals surface area contributed by atoms with E-state index in [2.05, 4.69) is 16.0 Å². The number of aromatic nitrogens is 1. The Morgan fingerprint density at radius 1 is 1.14 bits per heavy atom. The Balaban J connectivity index is 1.34. The molecule has 3 heterocycles. The minimum Gasteiger partial charge on any atom is -0.348 e. The highest BCUT2D eigenvalue weighted by molar-refractivity contribution is 7.22. The number of rotatable bonds is 4. The van der Waals surface area contributed by atoms with Crippen molar-refractivity contribution in [3.63, 3.8) is 0 Å². The summed E-state index contributed by atoms with van der Waals surface area (Å²) < 4.78 is 39.6. The molecule has 0 atom stereocenters. The number of nitro benzene ring substituents is 1. The molecule has 0 radical (unpaired) electrons. The summed E-state index contributed by atoms with van der Waals surface area (Å²) in [7, 11) is 0. The SMILES string of the molecule is O=c1nc(N2CCC3(CCN(Cc4cccc(Cl)c4)C3)CC2)sc2c([N+](=O)[O-])cc(C(F)(F)F)cc12. The van der Waals surface area contributed by atoms with Gasteiger partial charge in [0.05, 0.1) is 15.9 Å². The van der Waals surface area contributed by atoms with Crippen LogP contribution in [0, 0.1) is 15.5 Å². The van der Waals surface area contributed by atoms with Crippen molar-refractivity contribution in [2.24, 2.45) is 5.41 Å². The van der Waals surface area contributed by atoms with E-state index in [1.165, 1.54) is 0 Å². The number of hydrogen-bond donors (Lipinski definition) is 0. The van der Waals surface area contributed by atoms with Crippen molar-refractivity contribution in [1.29, 1.82) is 0 Å². The molecule has 0 bridgehead atoms. The molecule has 0 N–H and O–H groups in total. The van der Waals surface area contributed by atoms with Gasteiger partial charge in [0.2, 0.25) is 0 Å². The number of benzene rings is 2. The number of nitro groups is 1. The largest absolute Gasteiger partial charge is 0.416 e. The average molecular weight is 539 g/mol. The van der Waals surface area contributed by atoms with Gasteiger partial charge in [-0.3, -0.25) is 19.8 Å². The van der Waals surface area contributed by atoms with Gasteiger partial charge >= 0.3 is 6.18 Å². The van der Waals surface area contributed by atoms with E-state index in [0.29, 0.717) is 35.4 Å². The topological polar surface area (TPSA) is 79.6 Å². The fraction of sp³-hybridized carbons (Fsp3) is 0.417. The van der Waals surface area contributed by atoms with E-state index in [4.69, 9.17) is 11.6 Å². The van der Waals surface area contributed by atoms with Crippen LogP contribution in [0.5, 0.6) is 0 Å². The number of halogens is 4. The molecular weight excluding hydrogens is 517 g/mol. The van der Waals surface area contributed by atoms with Gasteiger partial charge in [0.25, 0.3) is 11.2 Å². The molecule has 0 unspecified atom stereocenters. The lowest BCUT2D eigenvalue weighted by Crippen LogP contribution is -2.42. The van der Waals surface area contributed by atoms with Crippen molar-refractivity contribution in [3.05, 3.63) is 73.0 Å². The molecule has 5 rings (SSSR count). The quantitative estimate of drug-likeness (QED) is 0.312. The summed E-state index contributed by atoms with van der Waals surface area (Å²) in [6, 6.07) is 8.96. The molecule has 36 heavy (non-hydrogen) atoms. The smallest absolute Gasteiger partial charge is 0.348 e. The fourth-order valence-electron chi connectivity index (χ4n) is 5.21. The van der Waals surface area contributed by atoms with Crippen LogP contribution in [0.15, 0.2) is 41.2 Å². The summed E-state index contributed by atoms with van der Waals surface area (Å²) in [6.07, 6.45) is -2.02. The van der Waals surface area contributed by atoms with Gasteiger partial charge in [-0.05, 0) is 55.0 Å². The van der Waals surface area contributed by atoms with Gasteiger partial charge in [-0.1, -0.05) is 35.1 Å². The van der Waals surface area contributed by atoms with E-state index < -0.39 is 27.9 Å². The van der Waals surface area contributed by atoms with Crippen molar-refractivity contribution >= 4 is 43.8 Å². The van der Waals surface area contributed by atoms with E-state index >= 15 is 0 Å². The second kappa shape index (κ2) is 9.28.